The summed E-state index contributed by atoms with van der Waals surface area (Å²) in [5.41, 5.74) is 0.857. The first-order chi connectivity index (χ1) is 11.0. The second kappa shape index (κ2) is 6.50. The van der Waals surface area contributed by atoms with Crippen LogP contribution in [-0.4, -0.2) is 28.4 Å². The maximum Gasteiger partial charge on any atom is 0.345 e. The Hall–Kier alpha value is -2.21. The van der Waals surface area contributed by atoms with Crippen molar-refractivity contribution in [2.75, 3.05) is 6.54 Å². The van der Waals surface area contributed by atoms with E-state index < -0.39 is 5.97 Å². The number of hydrogen-bond donors (Lipinski definition) is 1. The first-order valence-electron chi connectivity index (χ1n) is 7.40. The van der Waals surface area contributed by atoms with E-state index in [4.69, 9.17) is 5.11 Å². The summed E-state index contributed by atoms with van der Waals surface area (Å²) in [7, 11) is 0. The quantitative estimate of drug-likeness (QED) is 0.878. The highest BCUT2D eigenvalue weighted by atomic mass is 32.1. The highest BCUT2D eigenvalue weighted by molar-refractivity contribution is 7.15. The minimum Gasteiger partial charge on any atom is -0.477 e. The summed E-state index contributed by atoms with van der Waals surface area (Å²) in [5, 5.41) is 8.99. The van der Waals surface area contributed by atoms with Gasteiger partial charge in [0.15, 0.2) is 0 Å². The number of carbonyl (C=O) groups excluding carboxylic acids is 1. The predicted octanol–water partition coefficient (Wildman–Crippen LogP) is 3.64. The molecule has 0 aliphatic heterocycles. The van der Waals surface area contributed by atoms with E-state index in [0.29, 0.717) is 23.9 Å². The standard InChI is InChI=1S/C17H16FNO3S/c18-13-5-3-12(4-6-13)10-19(9-11-1-2-11)16(20)14-7-8-15(23-14)17(21)22/h3-8,11H,1-2,9-10H2,(H,21,22). The van der Waals surface area contributed by atoms with Gasteiger partial charge in [0.2, 0.25) is 0 Å². The van der Waals surface area contributed by atoms with Crippen molar-refractivity contribution in [1.82, 2.24) is 4.90 Å². The summed E-state index contributed by atoms with van der Waals surface area (Å²) in [4.78, 5) is 26.0. The molecule has 3 rings (SSSR count). The number of carboxylic acid groups (broad SMARTS) is 1. The van der Waals surface area contributed by atoms with Crippen molar-refractivity contribution in [3.05, 3.63) is 57.5 Å². The maximum atomic E-state index is 13.0. The number of carbonyl (C=O) groups is 2. The van der Waals surface area contributed by atoms with Crippen LogP contribution in [0.5, 0.6) is 0 Å². The molecule has 1 aliphatic carbocycles. The van der Waals surface area contributed by atoms with E-state index in [1.54, 1.807) is 23.1 Å². The van der Waals surface area contributed by atoms with Gasteiger partial charge in [0.05, 0.1) is 4.88 Å². The van der Waals surface area contributed by atoms with Gasteiger partial charge in [-0.2, -0.15) is 0 Å². The minimum absolute atomic E-state index is 0.154. The molecule has 0 saturated heterocycles. The second-order valence-corrected chi connectivity index (χ2v) is 6.81. The molecule has 4 nitrogen and oxygen atoms in total. The van der Waals surface area contributed by atoms with Gasteiger partial charge in [0.25, 0.3) is 5.91 Å². The molecule has 120 valence electrons. The molecular formula is C17H16FNO3S. The van der Waals surface area contributed by atoms with Crippen LogP contribution in [0.2, 0.25) is 0 Å². The summed E-state index contributed by atoms with van der Waals surface area (Å²) in [5.74, 6) is -0.989. The van der Waals surface area contributed by atoms with Gasteiger partial charge >= 0.3 is 5.97 Å². The molecule has 0 bridgehead atoms. The molecule has 2 aromatic rings. The van der Waals surface area contributed by atoms with Crippen LogP contribution in [0.1, 0.15) is 37.7 Å². The summed E-state index contributed by atoms with van der Waals surface area (Å²) in [6, 6.07) is 9.10. The normalized spacial score (nSPS) is 13.8. The van der Waals surface area contributed by atoms with Crippen LogP contribution < -0.4 is 0 Å². The fraction of sp³-hybridized carbons (Fsp3) is 0.294. The topological polar surface area (TPSA) is 57.6 Å². The lowest BCUT2D eigenvalue weighted by Gasteiger charge is -2.22. The number of thiophene rings is 1. The zero-order valence-corrected chi connectivity index (χ0v) is 13.2. The van der Waals surface area contributed by atoms with Crippen LogP contribution >= 0.6 is 11.3 Å². The van der Waals surface area contributed by atoms with Gasteiger partial charge in [-0.1, -0.05) is 12.1 Å². The zero-order valence-electron chi connectivity index (χ0n) is 12.4. The van der Waals surface area contributed by atoms with Crippen LogP contribution in [-0.2, 0) is 6.54 Å². The Morgan fingerprint density at radius 2 is 1.78 bits per heavy atom. The molecule has 1 amide bonds. The van der Waals surface area contributed by atoms with Gasteiger partial charge in [0, 0.05) is 13.1 Å². The van der Waals surface area contributed by atoms with Crippen LogP contribution in [0.3, 0.4) is 0 Å². The molecule has 1 aliphatic rings. The smallest absolute Gasteiger partial charge is 0.345 e. The SMILES string of the molecule is O=C(O)c1ccc(C(=O)N(Cc2ccc(F)cc2)CC2CC2)s1. The number of amides is 1. The monoisotopic (exact) mass is 333 g/mol. The summed E-state index contributed by atoms with van der Waals surface area (Å²) in [6.45, 7) is 1.05. The Morgan fingerprint density at radius 3 is 2.35 bits per heavy atom. The Balaban J connectivity index is 1.77. The number of nitrogens with zero attached hydrogens (tertiary/aromatic N) is 1. The molecule has 1 fully saturated rings. The lowest BCUT2D eigenvalue weighted by Crippen LogP contribution is -2.32. The van der Waals surface area contributed by atoms with Gasteiger partial charge in [-0.05, 0) is 48.6 Å². The third-order valence-electron chi connectivity index (χ3n) is 3.78. The number of rotatable bonds is 6. The molecule has 0 atom stereocenters. The number of benzene rings is 1. The van der Waals surface area contributed by atoms with Crippen molar-refractivity contribution >= 4 is 23.2 Å². The molecule has 1 heterocycles. The molecular weight excluding hydrogens is 317 g/mol. The summed E-state index contributed by atoms with van der Waals surface area (Å²) in [6.07, 6.45) is 2.22. The van der Waals surface area contributed by atoms with E-state index in [1.807, 2.05) is 0 Å². The van der Waals surface area contributed by atoms with E-state index in [1.165, 1.54) is 18.2 Å². The summed E-state index contributed by atoms with van der Waals surface area (Å²) >= 11 is 0.987. The Bertz CT molecular complexity index is 722. The number of aromatic carboxylic acids is 1. The van der Waals surface area contributed by atoms with Crippen molar-refractivity contribution < 1.29 is 19.1 Å². The summed E-state index contributed by atoms with van der Waals surface area (Å²) < 4.78 is 13.0. The average Bonchev–Trinajstić information content (AvgIpc) is 3.20. The lowest BCUT2D eigenvalue weighted by molar-refractivity contribution is 0.0701. The fourth-order valence-electron chi connectivity index (χ4n) is 2.37. The predicted molar refractivity (Wildman–Crippen MR) is 85.1 cm³/mol. The highest BCUT2D eigenvalue weighted by Crippen LogP contribution is 2.31. The highest BCUT2D eigenvalue weighted by Gasteiger charge is 2.28. The third kappa shape index (κ3) is 3.96. The molecule has 0 unspecified atom stereocenters. The first kappa shape index (κ1) is 15.7. The minimum atomic E-state index is -1.03. The first-order valence-corrected chi connectivity index (χ1v) is 8.21. The van der Waals surface area contributed by atoms with Crippen molar-refractivity contribution in [2.24, 2.45) is 5.92 Å². The molecule has 6 heteroatoms. The van der Waals surface area contributed by atoms with Crippen LogP contribution in [0.4, 0.5) is 4.39 Å². The van der Waals surface area contributed by atoms with E-state index in [-0.39, 0.29) is 16.6 Å². The Morgan fingerprint density at radius 1 is 1.13 bits per heavy atom. The fourth-order valence-corrected chi connectivity index (χ4v) is 3.18. The van der Waals surface area contributed by atoms with Gasteiger partial charge in [-0.15, -0.1) is 11.3 Å². The molecule has 1 saturated carbocycles. The molecule has 1 aromatic carbocycles. The molecule has 0 spiro atoms. The van der Waals surface area contributed by atoms with Gasteiger partial charge in [0.1, 0.15) is 10.7 Å². The maximum absolute atomic E-state index is 13.0. The van der Waals surface area contributed by atoms with Gasteiger partial charge < -0.3 is 10.0 Å². The van der Waals surface area contributed by atoms with E-state index in [9.17, 15) is 14.0 Å². The second-order valence-electron chi connectivity index (χ2n) is 5.72. The van der Waals surface area contributed by atoms with E-state index in [0.717, 1.165) is 29.7 Å². The van der Waals surface area contributed by atoms with Crippen LogP contribution in [0, 0.1) is 11.7 Å². The lowest BCUT2D eigenvalue weighted by atomic mass is 10.2. The third-order valence-corrected chi connectivity index (χ3v) is 4.84. The van der Waals surface area contributed by atoms with Crippen molar-refractivity contribution in [3.8, 4) is 0 Å². The Kier molecular flexibility index (Phi) is 4.43. The molecule has 23 heavy (non-hydrogen) atoms. The van der Waals surface area contributed by atoms with Gasteiger partial charge in [-0.3, -0.25) is 4.79 Å². The molecule has 1 aromatic heterocycles. The van der Waals surface area contributed by atoms with E-state index >= 15 is 0 Å². The van der Waals surface area contributed by atoms with Crippen LogP contribution in [0.25, 0.3) is 0 Å². The number of halogens is 1. The number of carboxylic acids is 1. The van der Waals surface area contributed by atoms with E-state index in [2.05, 4.69) is 0 Å². The number of hydrogen-bond acceptors (Lipinski definition) is 3. The van der Waals surface area contributed by atoms with Crippen molar-refractivity contribution in [3.63, 3.8) is 0 Å². The Labute approximate surface area is 137 Å². The largest absolute Gasteiger partial charge is 0.477 e. The van der Waals surface area contributed by atoms with Crippen LogP contribution in [0.15, 0.2) is 36.4 Å². The molecule has 1 N–H and O–H groups in total. The van der Waals surface area contributed by atoms with Crippen molar-refractivity contribution in [1.29, 1.82) is 0 Å². The van der Waals surface area contributed by atoms with Crippen molar-refractivity contribution in [2.45, 2.75) is 19.4 Å². The average molecular weight is 333 g/mol. The molecule has 0 radical (unpaired) electrons. The zero-order chi connectivity index (χ0) is 16.4. The van der Waals surface area contributed by atoms with Gasteiger partial charge in [-0.25, -0.2) is 9.18 Å².